The highest BCUT2D eigenvalue weighted by atomic mass is 16.6. The number of esters is 1. The number of aryl methyl sites for hydroxylation is 1. The summed E-state index contributed by atoms with van der Waals surface area (Å²) in [6.07, 6.45) is 1.26. The zero-order chi connectivity index (χ0) is 18.1. The molecule has 1 fully saturated rings. The van der Waals surface area contributed by atoms with E-state index in [4.69, 9.17) is 9.84 Å². The molecule has 130 valence electrons. The summed E-state index contributed by atoms with van der Waals surface area (Å²) in [4.78, 5) is 41.5. The van der Waals surface area contributed by atoms with Crippen LogP contribution in [-0.2, 0) is 9.53 Å². The van der Waals surface area contributed by atoms with Gasteiger partial charge in [-0.05, 0) is 52.7 Å². The van der Waals surface area contributed by atoms with Crippen LogP contribution in [-0.4, -0.2) is 51.0 Å². The van der Waals surface area contributed by atoms with Gasteiger partial charge in [0, 0.05) is 6.54 Å². The molecule has 2 heterocycles. The number of carbonyl (C=O) groups is 3. The Morgan fingerprint density at radius 1 is 1.29 bits per heavy atom. The summed E-state index contributed by atoms with van der Waals surface area (Å²) in [6, 6.07) is 2.11. The highest BCUT2D eigenvalue weighted by Gasteiger charge is 2.37. The van der Waals surface area contributed by atoms with E-state index in [2.05, 4.69) is 4.98 Å². The number of nitrogens with zero attached hydrogens (tertiary/aromatic N) is 2. The van der Waals surface area contributed by atoms with Crippen molar-refractivity contribution in [3.8, 4) is 0 Å². The van der Waals surface area contributed by atoms with Crippen LogP contribution in [0, 0.1) is 6.92 Å². The Morgan fingerprint density at radius 2 is 1.96 bits per heavy atom. The van der Waals surface area contributed by atoms with E-state index in [1.54, 1.807) is 20.8 Å². The third kappa shape index (κ3) is 3.90. The van der Waals surface area contributed by atoms with Crippen molar-refractivity contribution < 1.29 is 24.2 Å². The van der Waals surface area contributed by atoms with Gasteiger partial charge in [0.15, 0.2) is 0 Å². The number of ether oxygens (including phenoxy) is 1. The zero-order valence-corrected chi connectivity index (χ0v) is 14.3. The highest BCUT2D eigenvalue weighted by molar-refractivity contribution is 5.97. The molecule has 0 bridgehead atoms. The predicted octanol–water partition coefficient (Wildman–Crippen LogP) is 2.03. The number of carbonyl (C=O) groups excluding carboxylic acids is 2. The van der Waals surface area contributed by atoms with Gasteiger partial charge in [0.05, 0.1) is 11.3 Å². The van der Waals surface area contributed by atoms with E-state index >= 15 is 0 Å². The van der Waals surface area contributed by atoms with Gasteiger partial charge in [0.2, 0.25) is 0 Å². The number of rotatable bonds is 3. The van der Waals surface area contributed by atoms with Crippen LogP contribution in [0.4, 0.5) is 0 Å². The fourth-order valence-corrected chi connectivity index (χ4v) is 2.68. The molecule has 0 aromatic carbocycles. The number of likely N-dealkylation sites (tertiary alicyclic amines) is 1. The molecule has 1 aliphatic rings. The minimum Gasteiger partial charge on any atom is -0.478 e. The molecule has 0 aliphatic carbocycles. The van der Waals surface area contributed by atoms with E-state index in [-0.39, 0.29) is 22.9 Å². The average Bonchev–Trinajstić information content (AvgIpc) is 2.93. The van der Waals surface area contributed by atoms with Crippen molar-refractivity contribution in [1.82, 2.24) is 9.88 Å². The summed E-state index contributed by atoms with van der Waals surface area (Å²) in [5, 5.41) is 9.03. The lowest BCUT2D eigenvalue weighted by Crippen LogP contribution is -2.43. The monoisotopic (exact) mass is 334 g/mol. The maximum atomic E-state index is 12.7. The molecule has 2 rings (SSSR count). The van der Waals surface area contributed by atoms with Crippen LogP contribution in [0.1, 0.15) is 60.2 Å². The van der Waals surface area contributed by atoms with E-state index in [9.17, 15) is 14.4 Å². The Labute approximate surface area is 140 Å². The van der Waals surface area contributed by atoms with Crippen molar-refractivity contribution in [3.05, 3.63) is 29.1 Å². The Hall–Kier alpha value is -2.44. The summed E-state index contributed by atoms with van der Waals surface area (Å²) < 4.78 is 5.38. The number of amides is 1. The molecule has 7 heteroatoms. The molecule has 1 saturated heterocycles. The Kier molecular flexibility index (Phi) is 4.91. The van der Waals surface area contributed by atoms with Crippen molar-refractivity contribution in [2.45, 2.75) is 52.2 Å². The summed E-state index contributed by atoms with van der Waals surface area (Å²) in [6.45, 7) is 7.32. The van der Waals surface area contributed by atoms with E-state index in [0.29, 0.717) is 19.4 Å². The molecule has 1 N–H and O–H groups in total. The van der Waals surface area contributed by atoms with Crippen LogP contribution in [0.5, 0.6) is 0 Å². The minimum atomic E-state index is -1.09. The van der Waals surface area contributed by atoms with Crippen LogP contribution in [0.3, 0.4) is 0 Å². The normalized spacial score (nSPS) is 17.7. The molecule has 0 spiro atoms. The second kappa shape index (κ2) is 6.59. The molecule has 1 aromatic heterocycles. The first kappa shape index (κ1) is 17.9. The topological polar surface area (TPSA) is 96.8 Å². The Balaban J connectivity index is 2.20. The number of aromatic carboxylic acids is 1. The van der Waals surface area contributed by atoms with Crippen LogP contribution in [0.15, 0.2) is 12.1 Å². The van der Waals surface area contributed by atoms with Gasteiger partial charge >= 0.3 is 11.9 Å². The van der Waals surface area contributed by atoms with Gasteiger partial charge in [-0.2, -0.15) is 0 Å². The molecular weight excluding hydrogens is 312 g/mol. The number of carboxylic acid groups (broad SMARTS) is 1. The van der Waals surface area contributed by atoms with Gasteiger partial charge in [0.1, 0.15) is 17.3 Å². The molecular formula is C17H22N2O5. The van der Waals surface area contributed by atoms with Crippen LogP contribution >= 0.6 is 0 Å². The number of pyridine rings is 1. The van der Waals surface area contributed by atoms with Gasteiger partial charge in [-0.25, -0.2) is 14.6 Å². The highest BCUT2D eigenvalue weighted by Crippen LogP contribution is 2.23. The minimum absolute atomic E-state index is 0.0525. The van der Waals surface area contributed by atoms with Gasteiger partial charge in [-0.15, -0.1) is 0 Å². The Bertz CT molecular complexity index is 678. The maximum Gasteiger partial charge on any atom is 0.337 e. The smallest absolute Gasteiger partial charge is 0.337 e. The van der Waals surface area contributed by atoms with Crippen molar-refractivity contribution in [3.63, 3.8) is 0 Å². The summed E-state index contributed by atoms with van der Waals surface area (Å²) >= 11 is 0. The third-order valence-electron chi connectivity index (χ3n) is 3.73. The fraction of sp³-hybridized carbons (Fsp3) is 0.529. The van der Waals surface area contributed by atoms with Crippen molar-refractivity contribution in [1.29, 1.82) is 0 Å². The Morgan fingerprint density at radius 3 is 2.50 bits per heavy atom. The lowest BCUT2D eigenvalue weighted by Gasteiger charge is -2.27. The number of hydrogen-bond donors (Lipinski definition) is 1. The second-order valence-corrected chi connectivity index (χ2v) is 6.82. The summed E-state index contributed by atoms with van der Waals surface area (Å²) in [5.74, 6) is -1.90. The van der Waals surface area contributed by atoms with Crippen LogP contribution in [0.25, 0.3) is 0 Å². The van der Waals surface area contributed by atoms with Crippen LogP contribution in [0.2, 0.25) is 0 Å². The lowest BCUT2D eigenvalue weighted by molar-refractivity contribution is -0.159. The molecule has 1 unspecified atom stereocenters. The molecule has 1 atom stereocenters. The summed E-state index contributed by atoms with van der Waals surface area (Å²) in [7, 11) is 0. The number of hydrogen-bond acceptors (Lipinski definition) is 5. The molecule has 1 aliphatic heterocycles. The van der Waals surface area contributed by atoms with Gasteiger partial charge < -0.3 is 14.7 Å². The molecule has 7 nitrogen and oxygen atoms in total. The zero-order valence-electron chi connectivity index (χ0n) is 14.3. The van der Waals surface area contributed by atoms with Gasteiger partial charge in [0.25, 0.3) is 5.91 Å². The standard InChI is InChI=1S/C17H22N2O5/c1-10-11(15(21)22)7-8-12(18-10)14(20)19-9-5-6-13(19)16(23)24-17(2,3)4/h7-8,13H,5-6,9H2,1-4H3,(H,21,22). The van der Waals surface area contributed by atoms with Crippen molar-refractivity contribution in [2.24, 2.45) is 0 Å². The second-order valence-electron chi connectivity index (χ2n) is 6.82. The molecule has 1 aromatic rings. The lowest BCUT2D eigenvalue weighted by atomic mass is 10.1. The first-order valence-electron chi connectivity index (χ1n) is 7.85. The van der Waals surface area contributed by atoms with E-state index in [0.717, 1.165) is 0 Å². The molecule has 24 heavy (non-hydrogen) atoms. The molecule has 0 radical (unpaired) electrons. The van der Waals surface area contributed by atoms with E-state index < -0.39 is 23.6 Å². The summed E-state index contributed by atoms with van der Waals surface area (Å²) in [5.41, 5.74) is -0.169. The van der Waals surface area contributed by atoms with E-state index in [1.807, 2.05) is 0 Å². The van der Waals surface area contributed by atoms with Gasteiger partial charge in [-0.1, -0.05) is 0 Å². The largest absolute Gasteiger partial charge is 0.478 e. The van der Waals surface area contributed by atoms with Gasteiger partial charge in [-0.3, -0.25) is 4.79 Å². The first-order valence-corrected chi connectivity index (χ1v) is 7.85. The average molecular weight is 334 g/mol. The van der Waals surface area contributed by atoms with E-state index in [1.165, 1.54) is 24.0 Å². The van der Waals surface area contributed by atoms with Crippen LogP contribution < -0.4 is 0 Å². The van der Waals surface area contributed by atoms with Crippen molar-refractivity contribution >= 4 is 17.8 Å². The molecule has 0 saturated carbocycles. The first-order chi connectivity index (χ1) is 11.1. The van der Waals surface area contributed by atoms with Crippen molar-refractivity contribution in [2.75, 3.05) is 6.54 Å². The SMILES string of the molecule is Cc1nc(C(=O)N2CCCC2C(=O)OC(C)(C)C)ccc1C(=O)O. The molecule has 1 amide bonds. The third-order valence-corrected chi connectivity index (χ3v) is 3.73. The fourth-order valence-electron chi connectivity index (χ4n) is 2.68. The maximum absolute atomic E-state index is 12.7. The number of carboxylic acids is 1. The predicted molar refractivity (Wildman–Crippen MR) is 85.8 cm³/mol. The quantitative estimate of drug-likeness (QED) is 0.850. The number of aromatic nitrogens is 1.